The van der Waals surface area contributed by atoms with Crippen LogP contribution in [0.25, 0.3) is 0 Å². The second-order valence-corrected chi connectivity index (χ2v) is 9.85. The van der Waals surface area contributed by atoms with Gasteiger partial charge in [-0.3, -0.25) is 9.59 Å². The van der Waals surface area contributed by atoms with E-state index in [-0.39, 0.29) is 18.0 Å². The zero-order valence-corrected chi connectivity index (χ0v) is 16.6. The molecule has 1 aliphatic rings. The van der Waals surface area contributed by atoms with Gasteiger partial charge in [0.1, 0.15) is 5.78 Å². The number of nitrogens with one attached hydrogen (secondary N) is 1. The Balaban J connectivity index is 2.47. The SMILES string of the molecule is CC(C)(C)C(=O)C=C1Nc2ccccc2SC1(O)CC(=O)C(C)(C)C. The predicted octanol–water partition coefficient (Wildman–Crippen LogP) is 4.40. The van der Waals surface area contributed by atoms with Gasteiger partial charge in [-0.25, -0.2) is 0 Å². The molecule has 2 rings (SSSR count). The van der Waals surface area contributed by atoms with Crippen molar-refractivity contribution >= 4 is 29.0 Å². The van der Waals surface area contributed by atoms with Gasteiger partial charge in [0.25, 0.3) is 0 Å². The third kappa shape index (κ3) is 4.53. The summed E-state index contributed by atoms with van der Waals surface area (Å²) in [5.74, 6) is -0.158. The number of allylic oxidation sites excluding steroid dienone is 1. The van der Waals surface area contributed by atoms with E-state index in [9.17, 15) is 14.7 Å². The smallest absolute Gasteiger partial charge is 0.162 e. The maximum absolute atomic E-state index is 12.6. The zero-order chi connectivity index (χ0) is 19.0. The highest BCUT2D eigenvalue weighted by atomic mass is 32.2. The number of thioether (sulfide) groups is 1. The van der Waals surface area contributed by atoms with Crippen LogP contribution in [0.5, 0.6) is 0 Å². The number of rotatable bonds is 3. The minimum Gasteiger partial charge on any atom is -0.373 e. The Hall–Kier alpha value is -1.59. The van der Waals surface area contributed by atoms with Crippen LogP contribution in [0.3, 0.4) is 0 Å². The van der Waals surface area contributed by atoms with Gasteiger partial charge in [0.2, 0.25) is 0 Å². The van der Waals surface area contributed by atoms with Crippen LogP contribution in [0.2, 0.25) is 0 Å². The summed E-state index contributed by atoms with van der Waals surface area (Å²) in [6.45, 7) is 11.0. The van der Waals surface area contributed by atoms with Gasteiger partial charge in [-0.15, -0.1) is 0 Å². The van der Waals surface area contributed by atoms with Gasteiger partial charge < -0.3 is 10.4 Å². The summed E-state index contributed by atoms with van der Waals surface area (Å²) in [6.07, 6.45) is 1.38. The summed E-state index contributed by atoms with van der Waals surface area (Å²) in [5.41, 5.74) is 0.0690. The molecule has 0 spiro atoms. The average molecular weight is 362 g/mol. The fourth-order valence-electron chi connectivity index (χ4n) is 2.25. The number of Topliss-reactive ketones (excluding diaryl/α,β-unsaturated/α-hetero) is 1. The minimum absolute atomic E-state index is 0.0576. The fraction of sp³-hybridized carbons (Fsp3) is 0.500. The molecule has 25 heavy (non-hydrogen) atoms. The third-order valence-corrected chi connectivity index (χ3v) is 5.39. The molecule has 1 unspecified atom stereocenters. The van der Waals surface area contributed by atoms with Crippen molar-refractivity contribution in [2.24, 2.45) is 10.8 Å². The first kappa shape index (κ1) is 19.7. The number of ketones is 2. The highest BCUT2D eigenvalue weighted by Crippen LogP contribution is 2.48. The summed E-state index contributed by atoms with van der Waals surface area (Å²) in [6, 6.07) is 7.56. The van der Waals surface area contributed by atoms with Crippen molar-refractivity contribution in [1.82, 2.24) is 0 Å². The Morgan fingerprint density at radius 2 is 1.72 bits per heavy atom. The van der Waals surface area contributed by atoms with Crippen molar-refractivity contribution < 1.29 is 14.7 Å². The molecular weight excluding hydrogens is 334 g/mol. The van der Waals surface area contributed by atoms with E-state index >= 15 is 0 Å². The Kier molecular flexibility index (Phi) is 5.22. The number of aliphatic hydroxyl groups is 1. The molecule has 0 bridgehead atoms. The number of fused-ring (bicyclic) bond motifs is 1. The number of carbonyl (C=O) groups excluding carboxylic acids is 2. The second kappa shape index (κ2) is 6.61. The van der Waals surface area contributed by atoms with Crippen molar-refractivity contribution in [2.45, 2.75) is 57.8 Å². The molecule has 0 fully saturated rings. The maximum Gasteiger partial charge on any atom is 0.162 e. The van der Waals surface area contributed by atoms with Crippen molar-refractivity contribution in [3.8, 4) is 0 Å². The Morgan fingerprint density at radius 3 is 2.28 bits per heavy atom. The van der Waals surface area contributed by atoms with E-state index < -0.39 is 15.8 Å². The summed E-state index contributed by atoms with van der Waals surface area (Å²) in [5, 5.41) is 14.4. The topological polar surface area (TPSA) is 66.4 Å². The van der Waals surface area contributed by atoms with E-state index in [1.807, 2.05) is 65.8 Å². The van der Waals surface area contributed by atoms with Gasteiger partial charge in [-0.1, -0.05) is 65.4 Å². The Bertz CT molecular complexity index is 725. The van der Waals surface area contributed by atoms with Crippen molar-refractivity contribution in [3.63, 3.8) is 0 Å². The Labute approximate surface area is 154 Å². The van der Waals surface area contributed by atoms with Crippen LogP contribution in [0.1, 0.15) is 48.0 Å². The van der Waals surface area contributed by atoms with Crippen LogP contribution < -0.4 is 5.32 Å². The average Bonchev–Trinajstić information content (AvgIpc) is 2.45. The first-order valence-corrected chi connectivity index (χ1v) is 9.22. The van der Waals surface area contributed by atoms with E-state index in [0.29, 0.717) is 5.70 Å². The van der Waals surface area contributed by atoms with E-state index in [1.54, 1.807) is 0 Å². The lowest BCUT2D eigenvalue weighted by molar-refractivity contribution is -0.128. The monoisotopic (exact) mass is 361 g/mol. The largest absolute Gasteiger partial charge is 0.373 e. The lowest BCUT2D eigenvalue weighted by atomic mass is 9.86. The molecule has 0 saturated carbocycles. The van der Waals surface area contributed by atoms with E-state index in [1.165, 1.54) is 17.8 Å². The first-order valence-electron chi connectivity index (χ1n) is 8.40. The molecular formula is C20H27NO3S. The highest BCUT2D eigenvalue weighted by molar-refractivity contribution is 8.01. The Morgan fingerprint density at radius 1 is 1.12 bits per heavy atom. The number of hydrogen-bond acceptors (Lipinski definition) is 5. The molecule has 1 atom stereocenters. The molecule has 2 N–H and O–H groups in total. The van der Waals surface area contributed by atoms with Crippen LogP contribution >= 0.6 is 11.8 Å². The minimum atomic E-state index is -1.49. The van der Waals surface area contributed by atoms with Gasteiger partial charge in [0, 0.05) is 21.8 Å². The van der Waals surface area contributed by atoms with Gasteiger partial charge in [0.05, 0.1) is 17.8 Å². The van der Waals surface area contributed by atoms with Gasteiger partial charge >= 0.3 is 0 Å². The van der Waals surface area contributed by atoms with E-state index in [4.69, 9.17) is 0 Å². The number of hydrogen-bond donors (Lipinski definition) is 2. The molecule has 0 saturated heterocycles. The molecule has 0 radical (unpaired) electrons. The molecule has 1 heterocycles. The molecule has 1 aliphatic heterocycles. The molecule has 0 amide bonds. The fourth-order valence-corrected chi connectivity index (χ4v) is 3.41. The number of para-hydroxylation sites is 1. The molecule has 1 aromatic carbocycles. The summed E-state index contributed by atoms with van der Waals surface area (Å²) >= 11 is 1.22. The van der Waals surface area contributed by atoms with Gasteiger partial charge in [0.15, 0.2) is 10.7 Å². The number of benzene rings is 1. The van der Waals surface area contributed by atoms with Gasteiger partial charge in [-0.2, -0.15) is 0 Å². The molecule has 4 nitrogen and oxygen atoms in total. The maximum atomic E-state index is 12.6. The number of carbonyl (C=O) groups is 2. The quantitative estimate of drug-likeness (QED) is 0.781. The van der Waals surface area contributed by atoms with Crippen molar-refractivity contribution in [3.05, 3.63) is 36.0 Å². The molecule has 0 aliphatic carbocycles. The van der Waals surface area contributed by atoms with Gasteiger partial charge in [-0.05, 0) is 12.1 Å². The molecule has 136 valence electrons. The van der Waals surface area contributed by atoms with Crippen LogP contribution in [0.4, 0.5) is 5.69 Å². The van der Waals surface area contributed by atoms with Crippen molar-refractivity contribution in [1.29, 1.82) is 0 Å². The van der Waals surface area contributed by atoms with Crippen LogP contribution in [-0.2, 0) is 9.59 Å². The normalized spacial score (nSPS) is 22.3. The zero-order valence-electron chi connectivity index (χ0n) is 15.8. The molecule has 5 heteroatoms. The lowest BCUT2D eigenvalue weighted by Gasteiger charge is -2.37. The van der Waals surface area contributed by atoms with E-state index in [2.05, 4.69) is 5.32 Å². The number of anilines is 1. The van der Waals surface area contributed by atoms with Crippen LogP contribution in [-0.4, -0.2) is 21.6 Å². The summed E-state index contributed by atoms with van der Waals surface area (Å²) in [4.78, 5) is 24.4. The van der Waals surface area contributed by atoms with Crippen LogP contribution in [0, 0.1) is 10.8 Å². The highest BCUT2D eigenvalue weighted by Gasteiger charge is 2.42. The summed E-state index contributed by atoms with van der Waals surface area (Å²) in [7, 11) is 0. The predicted molar refractivity (Wildman–Crippen MR) is 102 cm³/mol. The second-order valence-electron chi connectivity index (χ2n) is 8.53. The molecule has 1 aromatic rings. The lowest BCUT2D eigenvalue weighted by Crippen LogP contribution is -2.40. The molecule has 0 aromatic heterocycles. The van der Waals surface area contributed by atoms with E-state index in [0.717, 1.165) is 10.6 Å². The third-order valence-electron chi connectivity index (χ3n) is 4.11. The summed E-state index contributed by atoms with van der Waals surface area (Å²) < 4.78 is 0. The first-order chi connectivity index (χ1) is 11.3. The van der Waals surface area contributed by atoms with Crippen LogP contribution in [0.15, 0.2) is 40.9 Å². The standard InChI is InChI=1S/C20H27NO3S/c1-18(2,3)16(22)11-15-20(24,12-17(23)19(4,5)6)25-14-10-8-7-9-13(14)21-15/h7-11,21,24H,12H2,1-6H3. The van der Waals surface area contributed by atoms with Crippen molar-refractivity contribution in [2.75, 3.05) is 5.32 Å².